The zero-order chi connectivity index (χ0) is 25.7. The van der Waals surface area contributed by atoms with Gasteiger partial charge in [0.15, 0.2) is 4.96 Å². The van der Waals surface area contributed by atoms with E-state index in [1.165, 1.54) is 17.4 Å². The number of carboxylic acid groups (broad SMARTS) is 1. The average molecular weight is 525 g/mol. The molecule has 192 valence electrons. The molecule has 2 aromatic carbocycles. The van der Waals surface area contributed by atoms with Crippen molar-refractivity contribution in [3.05, 3.63) is 59.5 Å². The van der Waals surface area contributed by atoms with Crippen LogP contribution in [-0.4, -0.2) is 68.4 Å². The Labute approximate surface area is 215 Å². The van der Waals surface area contributed by atoms with E-state index in [0.717, 1.165) is 28.0 Å². The number of rotatable bonds is 4. The van der Waals surface area contributed by atoms with Crippen molar-refractivity contribution in [2.75, 3.05) is 19.8 Å². The molecule has 2 aromatic heterocycles. The number of amides is 2. The lowest BCUT2D eigenvalue weighted by Gasteiger charge is -2.23. The van der Waals surface area contributed by atoms with Gasteiger partial charge in [-0.1, -0.05) is 17.4 Å². The third-order valence-electron chi connectivity index (χ3n) is 7.09. The summed E-state index contributed by atoms with van der Waals surface area (Å²) in [7, 11) is 0. The maximum absolute atomic E-state index is 15.2. The first-order valence-corrected chi connectivity index (χ1v) is 13.0. The maximum atomic E-state index is 15.2. The van der Waals surface area contributed by atoms with Gasteiger partial charge in [0, 0.05) is 36.6 Å². The summed E-state index contributed by atoms with van der Waals surface area (Å²) in [4.78, 5) is 30.7. The number of hydrogen-bond acceptors (Lipinski definition) is 6. The predicted molar refractivity (Wildman–Crippen MR) is 135 cm³/mol. The maximum Gasteiger partial charge on any atom is 0.407 e. The molecule has 2 aliphatic rings. The first kappa shape index (κ1) is 23.8. The number of fused-ring (bicyclic) bond motifs is 3. The number of ether oxygens (including phenoxy) is 1. The van der Waals surface area contributed by atoms with E-state index in [9.17, 15) is 19.8 Å². The summed E-state index contributed by atoms with van der Waals surface area (Å²) < 4.78 is 23.3. The second kappa shape index (κ2) is 9.40. The minimum atomic E-state index is -1.14. The van der Waals surface area contributed by atoms with Gasteiger partial charge in [-0.25, -0.2) is 14.2 Å². The quantitative estimate of drug-likeness (QED) is 0.371. The Morgan fingerprint density at radius 2 is 1.97 bits per heavy atom. The van der Waals surface area contributed by atoms with Crippen molar-refractivity contribution in [3.63, 3.8) is 0 Å². The molecular formula is C26H25FN4O5S. The molecule has 6 rings (SSSR count). The second-order valence-electron chi connectivity index (χ2n) is 9.50. The molecule has 3 N–H and O–H groups in total. The molecule has 0 saturated carbocycles. The van der Waals surface area contributed by atoms with Crippen molar-refractivity contribution in [2.24, 2.45) is 0 Å². The summed E-state index contributed by atoms with van der Waals surface area (Å²) in [6.45, 7) is 1.32. The Kier molecular flexibility index (Phi) is 6.06. The molecule has 37 heavy (non-hydrogen) atoms. The third kappa shape index (κ3) is 4.43. The van der Waals surface area contributed by atoms with Crippen molar-refractivity contribution in [2.45, 2.75) is 37.5 Å². The number of nitrogens with one attached hydrogen (secondary N) is 1. The van der Waals surface area contributed by atoms with E-state index in [0.29, 0.717) is 40.6 Å². The summed E-state index contributed by atoms with van der Waals surface area (Å²) in [5.41, 5.74) is 2.72. The van der Waals surface area contributed by atoms with Crippen LogP contribution in [0.4, 0.5) is 9.18 Å². The number of halogens is 1. The number of hydrogen-bond donors (Lipinski definition) is 3. The first-order valence-electron chi connectivity index (χ1n) is 12.1. The number of aromatic nitrogens is 2. The van der Waals surface area contributed by atoms with E-state index >= 15 is 4.39 Å². The van der Waals surface area contributed by atoms with Crippen molar-refractivity contribution in [3.8, 4) is 11.3 Å². The van der Waals surface area contributed by atoms with Gasteiger partial charge in [0.1, 0.15) is 5.82 Å². The van der Waals surface area contributed by atoms with Gasteiger partial charge in [-0.15, -0.1) is 0 Å². The van der Waals surface area contributed by atoms with Gasteiger partial charge in [0.05, 0.1) is 34.6 Å². The monoisotopic (exact) mass is 524 g/mol. The van der Waals surface area contributed by atoms with Gasteiger partial charge >= 0.3 is 6.09 Å². The van der Waals surface area contributed by atoms with Gasteiger partial charge in [-0.2, -0.15) is 0 Å². The fraction of sp³-hybridized carbons (Fsp3) is 0.346. The van der Waals surface area contributed by atoms with Crippen molar-refractivity contribution < 1.29 is 28.9 Å². The smallest absolute Gasteiger partial charge is 0.407 e. The lowest BCUT2D eigenvalue weighted by atomic mass is 10.0. The molecule has 4 heterocycles. The molecule has 0 unspecified atom stereocenters. The highest BCUT2D eigenvalue weighted by Gasteiger charge is 2.35. The molecule has 2 saturated heterocycles. The highest BCUT2D eigenvalue weighted by Crippen LogP contribution is 2.35. The standard InChI is InChI=1S/C26H25FN4O5S/c27-19-9-14(22-11-17(32)12-31(22)26(34)35)1-3-18(19)20-13-30-21-4-2-15(10-23(21)37-25(30)29-20)24(33)28-16-5-7-36-8-6-16/h1-4,9-10,13,16-17,22,32H,5-8,11-12H2,(H,28,33)(H,34,35)/t17-,22-/m1/s1. The largest absolute Gasteiger partial charge is 0.465 e. The first-order chi connectivity index (χ1) is 17.9. The minimum absolute atomic E-state index is 0.00663. The zero-order valence-corrected chi connectivity index (χ0v) is 20.6. The van der Waals surface area contributed by atoms with Crippen LogP contribution in [-0.2, 0) is 4.74 Å². The Balaban J connectivity index is 1.25. The highest BCUT2D eigenvalue weighted by atomic mass is 32.1. The molecule has 0 bridgehead atoms. The summed E-state index contributed by atoms with van der Waals surface area (Å²) in [6, 6.07) is 9.63. The molecular weight excluding hydrogens is 499 g/mol. The number of nitrogens with zero attached hydrogens (tertiary/aromatic N) is 3. The van der Waals surface area contributed by atoms with E-state index in [1.54, 1.807) is 24.4 Å². The molecule has 2 aliphatic heterocycles. The summed E-state index contributed by atoms with van der Waals surface area (Å²) >= 11 is 1.42. The van der Waals surface area contributed by atoms with Crippen molar-refractivity contribution in [1.82, 2.24) is 19.6 Å². The van der Waals surface area contributed by atoms with E-state index in [4.69, 9.17) is 4.74 Å². The van der Waals surface area contributed by atoms with Gasteiger partial charge in [-0.3, -0.25) is 14.1 Å². The number of aliphatic hydroxyl groups excluding tert-OH is 1. The average Bonchev–Trinajstić information content (AvgIpc) is 3.56. The molecule has 0 spiro atoms. The molecule has 4 aromatic rings. The molecule has 9 nitrogen and oxygen atoms in total. The number of thiazole rings is 1. The fourth-order valence-electron chi connectivity index (χ4n) is 5.17. The van der Waals surface area contributed by atoms with Gasteiger partial charge in [0.2, 0.25) is 0 Å². The van der Waals surface area contributed by atoms with E-state index in [2.05, 4.69) is 10.3 Å². The van der Waals surface area contributed by atoms with Crippen LogP contribution in [0.3, 0.4) is 0 Å². The van der Waals surface area contributed by atoms with Crippen molar-refractivity contribution in [1.29, 1.82) is 0 Å². The van der Waals surface area contributed by atoms with Gasteiger partial charge in [-0.05, 0) is 55.2 Å². The fourth-order valence-corrected chi connectivity index (χ4v) is 6.22. The summed E-state index contributed by atoms with van der Waals surface area (Å²) in [6.07, 6.45) is 1.69. The molecule has 2 fully saturated rings. The van der Waals surface area contributed by atoms with Gasteiger partial charge in [0.25, 0.3) is 5.91 Å². The number of benzene rings is 2. The van der Waals surface area contributed by atoms with E-state index in [-0.39, 0.29) is 24.9 Å². The van der Waals surface area contributed by atoms with Crippen LogP contribution >= 0.6 is 11.3 Å². The van der Waals surface area contributed by atoms with Crippen LogP contribution in [0.2, 0.25) is 0 Å². The van der Waals surface area contributed by atoms with Crippen molar-refractivity contribution >= 4 is 38.5 Å². The minimum Gasteiger partial charge on any atom is -0.465 e. The summed E-state index contributed by atoms with van der Waals surface area (Å²) in [5.74, 6) is -0.620. The Morgan fingerprint density at radius 1 is 1.16 bits per heavy atom. The Hall–Kier alpha value is -3.54. The Bertz CT molecular complexity index is 1510. The SMILES string of the molecule is O=C(NC1CCOCC1)c1ccc2c(c1)sc1nc(-c3ccc([C@H]4C[C@@H](O)CN4C(=O)O)cc3F)cn12. The summed E-state index contributed by atoms with van der Waals surface area (Å²) in [5, 5.41) is 22.4. The van der Waals surface area contributed by atoms with Crippen LogP contribution in [0.25, 0.3) is 26.4 Å². The van der Waals surface area contributed by atoms with E-state index < -0.39 is 24.1 Å². The van der Waals surface area contributed by atoms with Gasteiger partial charge < -0.3 is 20.3 Å². The molecule has 2 atom stereocenters. The van der Waals surface area contributed by atoms with Crippen LogP contribution in [0.1, 0.15) is 41.2 Å². The normalized spacial score (nSPS) is 20.6. The number of imidazole rings is 1. The topological polar surface area (TPSA) is 116 Å². The molecule has 0 radical (unpaired) electrons. The number of likely N-dealkylation sites (tertiary alicyclic amines) is 1. The number of β-amino-alcohol motifs (C(OH)–C–C–N with tert-alkyl or cyclic N) is 1. The Morgan fingerprint density at radius 3 is 2.73 bits per heavy atom. The number of aliphatic hydroxyl groups is 1. The molecule has 11 heteroatoms. The number of carbonyl (C=O) groups is 2. The molecule has 2 amide bonds. The lowest BCUT2D eigenvalue weighted by molar-refractivity contribution is 0.0696. The second-order valence-corrected chi connectivity index (χ2v) is 10.5. The third-order valence-corrected chi connectivity index (χ3v) is 8.11. The van der Waals surface area contributed by atoms with Crippen LogP contribution in [0.15, 0.2) is 42.6 Å². The van der Waals surface area contributed by atoms with Crippen LogP contribution in [0, 0.1) is 5.82 Å². The van der Waals surface area contributed by atoms with E-state index in [1.807, 2.05) is 16.5 Å². The highest BCUT2D eigenvalue weighted by molar-refractivity contribution is 7.23. The predicted octanol–water partition coefficient (Wildman–Crippen LogP) is 4.05. The molecule has 0 aliphatic carbocycles. The zero-order valence-electron chi connectivity index (χ0n) is 19.8. The number of carbonyl (C=O) groups excluding carboxylic acids is 1. The lowest BCUT2D eigenvalue weighted by Crippen LogP contribution is -2.38. The van der Waals surface area contributed by atoms with Crippen LogP contribution < -0.4 is 5.32 Å². The van der Waals surface area contributed by atoms with Crippen LogP contribution in [0.5, 0.6) is 0 Å².